The van der Waals surface area contributed by atoms with E-state index in [9.17, 15) is 9.59 Å². The number of carbonyl (C=O) groups is 2. The van der Waals surface area contributed by atoms with Gasteiger partial charge in [-0.3, -0.25) is 9.59 Å². The number of aromatic amines is 2. The fourth-order valence-corrected chi connectivity index (χ4v) is 3.52. The van der Waals surface area contributed by atoms with Crippen LogP contribution in [0, 0.1) is 20.8 Å². The van der Waals surface area contributed by atoms with Crippen LogP contribution in [0.1, 0.15) is 57.3 Å². The molecular weight excluding hydrogens is 340 g/mol. The summed E-state index contributed by atoms with van der Waals surface area (Å²) in [4.78, 5) is 37.6. The number of imidazole rings is 1. The minimum absolute atomic E-state index is 0.0526. The smallest absolute Gasteiger partial charge is 0.255 e. The molecule has 2 heterocycles. The zero-order valence-corrected chi connectivity index (χ0v) is 16.6. The van der Waals surface area contributed by atoms with Crippen LogP contribution in [0.25, 0.3) is 11.0 Å². The maximum absolute atomic E-state index is 13.1. The van der Waals surface area contributed by atoms with Gasteiger partial charge in [0.2, 0.25) is 0 Å². The van der Waals surface area contributed by atoms with E-state index in [-0.39, 0.29) is 11.7 Å². The fourth-order valence-electron chi connectivity index (χ4n) is 3.52. The van der Waals surface area contributed by atoms with Crippen molar-refractivity contribution in [1.82, 2.24) is 19.9 Å². The molecule has 27 heavy (non-hydrogen) atoms. The van der Waals surface area contributed by atoms with Crippen molar-refractivity contribution in [3.05, 3.63) is 52.1 Å². The molecule has 0 aliphatic carbocycles. The number of aryl methyl sites for hydroxylation is 2. The van der Waals surface area contributed by atoms with Crippen LogP contribution in [0.2, 0.25) is 0 Å². The summed E-state index contributed by atoms with van der Waals surface area (Å²) in [7, 11) is 0. The average Bonchev–Trinajstić information content (AvgIpc) is 3.14. The Kier molecular flexibility index (Phi) is 5.17. The zero-order chi connectivity index (χ0) is 19.7. The Hall–Kier alpha value is -2.89. The third-order valence-electron chi connectivity index (χ3n) is 4.98. The Morgan fingerprint density at radius 3 is 2.52 bits per heavy atom. The van der Waals surface area contributed by atoms with Crippen molar-refractivity contribution in [2.45, 2.75) is 41.0 Å². The highest BCUT2D eigenvalue weighted by molar-refractivity contribution is 6.02. The quantitative estimate of drug-likeness (QED) is 0.652. The molecule has 0 saturated heterocycles. The second-order valence-electron chi connectivity index (χ2n) is 7.02. The Labute approximate surface area is 159 Å². The molecule has 0 saturated carbocycles. The van der Waals surface area contributed by atoms with Crippen molar-refractivity contribution >= 4 is 22.7 Å². The number of nitrogens with zero attached hydrogens (tertiary/aromatic N) is 2. The lowest BCUT2D eigenvalue weighted by Gasteiger charge is -2.21. The number of amides is 1. The van der Waals surface area contributed by atoms with Gasteiger partial charge in [-0.15, -0.1) is 0 Å². The van der Waals surface area contributed by atoms with E-state index in [1.807, 2.05) is 39.8 Å². The van der Waals surface area contributed by atoms with E-state index >= 15 is 0 Å². The summed E-state index contributed by atoms with van der Waals surface area (Å²) < 4.78 is 0. The fraction of sp³-hybridized carbons (Fsp3) is 0.381. The number of H-pyrrole nitrogens is 2. The van der Waals surface area contributed by atoms with Crippen LogP contribution in [-0.4, -0.2) is 44.6 Å². The first-order valence-electron chi connectivity index (χ1n) is 9.26. The third-order valence-corrected chi connectivity index (χ3v) is 4.98. The van der Waals surface area contributed by atoms with E-state index in [1.54, 1.807) is 4.90 Å². The molecule has 6 nitrogen and oxygen atoms in total. The van der Waals surface area contributed by atoms with Gasteiger partial charge in [-0.25, -0.2) is 4.98 Å². The number of carbonyl (C=O) groups excluding carboxylic acids is 2. The first kappa shape index (κ1) is 18.9. The molecule has 0 aliphatic heterocycles. The maximum atomic E-state index is 13.1. The van der Waals surface area contributed by atoms with Gasteiger partial charge >= 0.3 is 0 Å². The lowest BCUT2D eigenvalue weighted by molar-refractivity contribution is 0.0764. The highest BCUT2D eigenvalue weighted by atomic mass is 16.2. The van der Waals surface area contributed by atoms with Gasteiger partial charge in [0, 0.05) is 32.1 Å². The summed E-state index contributed by atoms with van der Waals surface area (Å²) in [6.07, 6.45) is 0.648. The number of benzene rings is 1. The van der Waals surface area contributed by atoms with Gasteiger partial charge in [-0.05, 0) is 51.0 Å². The molecule has 2 aromatic heterocycles. The Bertz CT molecular complexity index is 1010. The second kappa shape index (κ2) is 7.39. The van der Waals surface area contributed by atoms with E-state index in [0.717, 1.165) is 28.1 Å². The minimum Gasteiger partial charge on any atom is -0.355 e. The number of ketones is 1. The molecular formula is C21H26N4O2. The van der Waals surface area contributed by atoms with Crippen molar-refractivity contribution in [3.8, 4) is 0 Å². The van der Waals surface area contributed by atoms with Crippen LogP contribution in [0.15, 0.2) is 18.2 Å². The molecule has 0 bridgehead atoms. The van der Waals surface area contributed by atoms with Crippen LogP contribution in [-0.2, 0) is 6.42 Å². The lowest BCUT2D eigenvalue weighted by atomic mass is 10.1. The molecule has 0 atom stereocenters. The Balaban J connectivity index is 1.78. The van der Waals surface area contributed by atoms with Gasteiger partial charge in [0.1, 0.15) is 5.82 Å². The van der Waals surface area contributed by atoms with E-state index in [2.05, 4.69) is 21.0 Å². The van der Waals surface area contributed by atoms with Crippen molar-refractivity contribution in [3.63, 3.8) is 0 Å². The SMILES string of the molecule is CCN(CCc1nc2ccc(C)cc2[nH]1)C(=O)c1c(C)[nH]c(C(C)=O)c1C. The number of hydrogen-bond donors (Lipinski definition) is 2. The number of nitrogens with one attached hydrogen (secondary N) is 2. The molecule has 142 valence electrons. The van der Waals surface area contributed by atoms with Crippen LogP contribution in [0.4, 0.5) is 0 Å². The zero-order valence-electron chi connectivity index (χ0n) is 16.6. The van der Waals surface area contributed by atoms with Gasteiger partial charge in [-0.1, -0.05) is 6.07 Å². The summed E-state index contributed by atoms with van der Waals surface area (Å²) in [6.45, 7) is 10.3. The van der Waals surface area contributed by atoms with Gasteiger partial charge in [-0.2, -0.15) is 0 Å². The van der Waals surface area contributed by atoms with Gasteiger partial charge < -0.3 is 14.9 Å². The van der Waals surface area contributed by atoms with Gasteiger partial charge in [0.05, 0.1) is 22.3 Å². The van der Waals surface area contributed by atoms with Crippen LogP contribution < -0.4 is 0 Å². The van der Waals surface area contributed by atoms with Crippen molar-refractivity contribution in [1.29, 1.82) is 0 Å². The average molecular weight is 366 g/mol. The molecule has 0 fully saturated rings. The van der Waals surface area contributed by atoms with E-state index in [1.165, 1.54) is 12.5 Å². The summed E-state index contributed by atoms with van der Waals surface area (Å²) in [5, 5.41) is 0. The topological polar surface area (TPSA) is 81.8 Å². The second-order valence-corrected chi connectivity index (χ2v) is 7.02. The number of fused-ring (bicyclic) bond motifs is 1. The third kappa shape index (κ3) is 3.65. The summed E-state index contributed by atoms with van der Waals surface area (Å²) in [5.74, 6) is 0.757. The Morgan fingerprint density at radius 1 is 1.15 bits per heavy atom. The number of Topliss-reactive ketones (excluding diaryl/α,β-unsaturated/α-hetero) is 1. The highest BCUT2D eigenvalue weighted by Gasteiger charge is 2.23. The standard InChI is InChI=1S/C21H26N4O2/c1-6-25(21(27)19-13(3)20(15(5)26)22-14(19)4)10-9-18-23-16-8-7-12(2)11-17(16)24-18/h7-8,11,22H,6,9-10H2,1-5H3,(H,23,24). The molecule has 0 unspecified atom stereocenters. The number of hydrogen-bond acceptors (Lipinski definition) is 3. The first-order valence-corrected chi connectivity index (χ1v) is 9.26. The largest absolute Gasteiger partial charge is 0.355 e. The minimum atomic E-state index is -0.0599. The van der Waals surface area contributed by atoms with Crippen LogP contribution >= 0.6 is 0 Å². The van der Waals surface area contributed by atoms with E-state index < -0.39 is 0 Å². The summed E-state index contributed by atoms with van der Waals surface area (Å²) in [5.41, 5.74) is 5.71. The summed E-state index contributed by atoms with van der Waals surface area (Å²) >= 11 is 0. The van der Waals surface area contributed by atoms with E-state index in [4.69, 9.17) is 0 Å². The molecule has 3 aromatic rings. The highest BCUT2D eigenvalue weighted by Crippen LogP contribution is 2.21. The number of rotatable bonds is 6. The van der Waals surface area contributed by atoms with Crippen molar-refractivity contribution < 1.29 is 9.59 Å². The first-order chi connectivity index (χ1) is 12.8. The van der Waals surface area contributed by atoms with Crippen molar-refractivity contribution in [2.24, 2.45) is 0 Å². The molecule has 0 aliphatic rings. The Morgan fingerprint density at radius 2 is 1.89 bits per heavy atom. The van der Waals surface area contributed by atoms with Crippen LogP contribution in [0.3, 0.4) is 0 Å². The molecule has 2 N–H and O–H groups in total. The van der Waals surface area contributed by atoms with Gasteiger partial charge in [0.15, 0.2) is 5.78 Å². The lowest BCUT2D eigenvalue weighted by Crippen LogP contribution is -2.33. The predicted molar refractivity (Wildman–Crippen MR) is 106 cm³/mol. The van der Waals surface area contributed by atoms with Crippen molar-refractivity contribution in [2.75, 3.05) is 13.1 Å². The molecule has 0 radical (unpaired) electrons. The van der Waals surface area contributed by atoms with E-state index in [0.29, 0.717) is 30.8 Å². The maximum Gasteiger partial charge on any atom is 0.255 e. The molecule has 3 rings (SSSR count). The molecule has 6 heteroatoms. The van der Waals surface area contributed by atoms with Crippen LogP contribution in [0.5, 0.6) is 0 Å². The molecule has 1 amide bonds. The predicted octanol–water partition coefficient (Wildman–Crippen LogP) is 3.72. The molecule has 0 spiro atoms. The van der Waals surface area contributed by atoms with Gasteiger partial charge in [0.25, 0.3) is 5.91 Å². The molecule has 1 aromatic carbocycles. The monoisotopic (exact) mass is 366 g/mol. The number of aromatic nitrogens is 3. The number of likely N-dealkylation sites (N-methyl/N-ethyl adjacent to an activating group) is 1. The normalized spacial score (nSPS) is 11.1. The summed E-state index contributed by atoms with van der Waals surface area (Å²) in [6, 6.07) is 6.12.